The Kier molecular flexibility index (Phi) is 8.50. The van der Waals surface area contributed by atoms with Gasteiger partial charge in [0, 0.05) is 38.8 Å². The molecule has 0 unspecified atom stereocenters. The van der Waals surface area contributed by atoms with E-state index in [1.807, 2.05) is 4.90 Å². The Morgan fingerprint density at radius 3 is 2.68 bits per heavy atom. The Hall–Kier alpha value is -2.85. The average Bonchev–Trinajstić information content (AvgIpc) is 2.69. The highest BCUT2D eigenvalue weighted by Gasteiger charge is 2.17. The van der Waals surface area contributed by atoms with Gasteiger partial charge in [0.1, 0.15) is 6.73 Å². The van der Waals surface area contributed by atoms with E-state index < -0.39 is 11.1 Å². The van der Waals surface area contributed by atoms with Gasteiger partial charge in [0.2, 0.25) is 0 Å². The van der Waals surface area contributed by atoms with E-state index in [-0.39, 0.29) is 19.1 Å². The lowest BCUT2D eigenvalue weighted by Gasteiger charge is -2.33. The van der Waals surface area contributed by atoms with Crippen LogP contribution in [0.1, 0.15) is 12.0 Å². The van der Waals surface area contributed by atoms with E-state index in [1.54, 1.807) is 18.2 Å². The molecular weight excluding hydrogens is 370 g/mol. The van der Waals surface area contributed by atoms with Crippen LogP contribution in [0.25, 0.3) is 6.08 Å². The van der Waals surface area contributed by atoms with Crippen LogP contribution in [0.15, 0.2) is 24.3 Å². The first-order chi connectivity index (χ1) is 13.5. The smallest absolute Gasteiger partial charge is 0.332 e. The van der Waals surface area contributed by atoms with Crippen molar-refractivity contribution in [3.63, 3.8) is 0 Å². The lowest BCUT2D eigenvalue weighted by Crippen LogP contribution is -2.47. The zero-order valence-electron chi connectivity index (χ0n) is 15.8. The first-order valence-corrected chi connectivity index (χ1v) is 8.92. The summed E-state index contributed by atoms with van der Waals surface area (Å²) in [6.45, 7) is 4.16. The van der Waals surface area contributed by atoms with Crippen molar-refractivity contribution >= 4 is 12.0 Å². The van der Waals surface area contributed by atoms with Crippen LogP contribution >= 0.6 is 0 Å². The highest BCUT2D eigenvalue weighted by Crippen LogP contribution is 2.26. The van der Waals surface area contributed by atoms with E-state index in [0.29, 0.717) is 17.7 Å². The summed E-state index contributed by atoms with van der Waals surface area (Å²) in [5.41, 5.74) is 0.710. The van der Waals surface area contributed by atoms with Gasteiger partial charge in [-0.25, -0.2) is 4.79 Å². The van der Waals surface area contributed by atoms with Crippen LogP contribution in [0.3, 0.4) is 0 Å². The van der Waals surface area contributed by atoms with Crippen LogP contribution < -0.4 is 4.74 Å². The van der Waals surface area contributed by atoms with Gasteiger partial charge >= 0.3 is 5.97 Å². The molecule has 0 atom stereocenters. The molecular formula is C18H25N3O7. The first-order valence-electron chi connectivity index (χ1n) is 8.92. The van der Waals surface area contributed by atoms with Crippen LogP contribution in [0.5, 0.6) is 11.5 Å². The molecule has 0 amide bonds. The molecule has 1 aliphatic heterocycles. The molecule has 1 aliphatic rings. The monoisotopic (exact) mass is 395 g/mol. The summed E-state index contributed by atoms with van der Waals surface area (Å²) in [5.74, 6) is -0.0867. The van der Waals surface area contributed by atoms with Gasteiger partial charge < -0.3 is 24.3 Å². The molecule has 10 heteroatoms. The van der Waals surface area contributed by atoms with Gasteiger partial charge in [-0.05, 0) is 30.2 Å². The maximum absolute atomic E-state index is 11.9. The van der Waals surface area contributed by atoms with Crippen LogP contribution in [0.2, 0.25) is 0 Å². The number of methoxy groups -OCH3 is 1. The van der Waals surface area contributed by atoms with Gasteiger partial charge in [-0.15, -0.1) is 10.1 Å². The van der Waals surface area contributed by atoms with Gasteiger partial charge in [0.05, 0.1) is 13.7 Å². The standard InChI is InChI=1S/C18H25N3O7/c1-26-17-13-15(3-5-16(17)22)4-6-18(23)27-14-20-10-8-19(9-11-20)7-2-12-28-21(24)25/h3-6,13,22H,2,7-12,14H2,1H3/b6-4+. The van der Waals surface area contributed by atoms with Crippen LogP contribution in [0.4, 0.5) is 0 Å². The molecule has 28 heavy (non-hydrogen) atoms. The van der Waals surface area contributed by atoms with Gasteiger partial charge in [-0.2, -0.15) is 0 Å². The lowest BCUT2D eigenvalue weighted by molar-refractivity contribution is -0.757. The molecule has 0 aliphatic carbocycles. The highest BCUT2D eigenvalue weighted by atomic mass is 16.9. The fourth-order valence-electron chi connectivity index (χ4n) is 2.73. The number of carbonyl (C=O) groups excluding carboxylic acids is 1. The maximum Gasteiger partial charge on any atom is 0.332 e. The molecule has 0 aromatic heterocycles. The van der Waals surface area contributed by atoms with E-state index in [9.17, 15) is 20.0 Å². The third-order valence-corrected chi connectivity index (χ3v) is 4.29. The Balaban J connectivity index is 1.65. The van der Waals surface area contributed by atoms with Crippen LogP contribution in [-0.2, 0) is 14.4 Å². The summed E-state index contributed by atoms with van der Waals surface area (Å²) in [6, 6.07) is 4.78. The first kappa shape index (κ1) is 21.5. The fraction of sp³-hybridized carbons (Fsp3) is 0.500. The van der Waals surface area contributed by atoms with Crippen LogP contribution in [0, 0.1) is 10.1 Å². The second-order valence-corrected chi connectivity index (χ2v) is 6.23. The molecule has 10 nitrogen and oxygen atoms in total. The number of hydrogen-bond donors (Lipinski definition) is 1. The average molecular weight is 395 g/mol. The normalized spacial score (nSPS) is 15.5. The molecule has 1 saturated heterocycles. The largest absolute Gasteiger partial charge is 0.504 e. The van der Waals surface area contributed by atoms with Gasteiger partial charge in [-0.3, -0.25) is 4.90 Å². The quantitative estimate of drug-likeness (QED) is 0.205. The van der Waals surface area contributed by atoms with Crippen molar-refractivity contribution in [2.24, 2.45) is 0 Å². The van der Waals surface area contributed by atoms with E-state index in [0.717, 1.165) is 32.7 Å². The molecule has 0 saturated carbocycles. The van der Waals surface area contributed by atoms with E-state index in [2.05, 4.69) is 9.74 Å². The lowest BCUT2D eigenvalue weighted by atomic mass is 10.2. The summed E-state index contributed by atoms with van der Waals surface area (Å²) >= 11 is 0. The number of phenols is 1. The van der Waals surface area contributed by atoms with Gasteiger partial charge in [-0.1, -0.05) is 6.07 Å². The Morgan fingerprint density at radius 1 is 1.29 bits per heavy atom. The highest BCUT2D eigenvalue weighted by molar-refractivity contribution is 5.87. The number of ether oxygens (including phenoxy) is 2. The van der Waals surface area contributed by atoms with E-state index in [1.165, 1.54) is 19.3 Å². The number of piperazine rings is 1. The Bertz CT molecular complexity index is 688. The van der Waals surface area contributed by atoms with E-state index in [4.69, 9.17) is 9.47 Å². The zero-order chi connectivity index (χ0) is 20.4. The van der Waals surface area contributed by atoms with E-state index >= 15 is 0 Å². The fourth-order valence-corrected chi connectivity index (χ4v) is 2.73. The molecule has 1 N–H and O–H groups in total. The number of phenolic OH excluding ortho intramolecular Hbond substituents is 1. The maximum atomic E-state index is 11.9. The number of carbonyl (C=O) groups is 1. The molecule has 1 aromatic carbocycles. The van der Waals surface area contributed by atoms with Crippen molar-refractivity contribution in [3.8, 4) is 11.5 Å². The summed E-state index contributed by atoms with van der Waals surface area (Å²) in [7, 11) is 1.46. The number of hydrogen-bond acceptors (Lipinski definition) is 9. The Morgan fingerprint density at radius 2 is 2.00 bits per heavy atom. The number of aromatic hydroxyl groups is 1. The van der Waals surface area contributed by atoms with Crippen molar-refractivity contribution in [3.05, 3.63) is 40.0 Å². The molecule has 0 spiro atoms. The molecule has 0 radical (unpaired) electrons. The third-order valence-electron chi connectivity index (χ3n) is 4.29. The minimum Gasteiger partial charge on any atom is -0.504 e. The topological polar surface area (TPSA) is 115 Å². The minimum atomic E-state index is -0.779. The molecule has 1 heterocycles. The molecule has 0 bridgehead atoms. The third kappa shape index (κ3) is 7.41. The summed E-state index contributed by atoms with van der Waals surface area (Å²) in [4.78, 5) is 30.5. The van der Waals surface area contributed by atoms with Crippen molar-refractivity contribution in [2.75, 3.05) is 53.2 Å². The summed E-state index contributed by atoms with van der Waals surface area (Å²) < 4.78 is 10.3. The molecule has 154 valence electrons. The molecule has 1 fully saturated rings. The van der Waals surface area contributed by atoms with Crippen molar-refractivity contribution in [2.45, 2.75) is 6.42 Å². The SMILES string of the molecule is COc1cc(/C=C/C(=O)OCN2CCN(CCCO[N+](=O)[O-])CC2)ccc1O. The van der Waals surface area contributed by atoms with Gasteiger partial charge in [0.25, 0.3) is 5.09 Å². The number of nitrogens with zero attached hydrogens (tertiary/aromatic N) is 3. The van der Waals surface area contributed by atoms with Gasteiger partial charge in [0.15, 0.2) is 11.5 Å². The second-order valence-electron chi connectivity index (χ2n) is 6.23. The summed E-state index contributed by atoms with van der Waals surface area (Å²) in [5, 5.41) is 18.9. The minimum absolute atomic E-state index is 0.0340. The number of benzene rings is 1. The zero-order valence-corrected chi connectivity index (χ0v) is 15.8. The second kappa shape index (κ2) is 11.1. The molecule has 1 aromatic rings. The summed E-state index contributed by atoms with van der Waals surface area (Å²) in [6.07, 6.45) is 3.52. The number of esters is 1. The van der Waals surface area contributed by atoms with Crippen molar-refractivity contribution in [1.82, 2.24) is 9.80 Å². The van der Waals surface area contributed by atoms with Crippen molar-refractivity contribution < 1.29 is 29.3 Å². The Labute approximate surface area is 163 Å². The van der Waals surface area contributed by atoms with Crippen molar-refractivity contribution in [1.29, 1.82) is 0 Å². The molecule has 2 rings (SSSR count). The predicted octanol–water partition coefficient (Wildman–Crippen LogP) is 1.13. The number of rotatable bonds is 10. The predicted molar refractivity (Wildman–Crippen MR) is 100 cm³/mol. The van der Waals surface area contributed by atoms with Crippen LogP contribution in [-0.4, -0.2) is 79.1 Å².